The topological polar surface area (TPSA) is 341 Å². The lowest BCUT2D eigenvalue weighted by molar-refractivity contribution is -0.147. The number of hydrogen-bond acceptors (Lipinski definition) is 12. The monoisotopic (exact) mass is 724 g/mol. The second-order valence-electron chi connectivity index (χ2n) is 11.0. The summed E-state index contributed by atoms with van der Waals surface area (Å²) < 4.78 is 0. The molecule has 0 spiro atoms. The molecule has 274 valence electrons. The molecule has 12 N–H and O–H groups in total. The maximum atomic E-state index is 13.3. The van der Waals surface area contributed by atoms with Gasteiger partial charge in [-0.3, -0.25) is 33.6 Å². The predicted octanol–water partition coefficient (Wildman–Crippen LogP) is -3.52. The zero-order valence-corrected chi connectivity index (χ0v) is 27.8. The van der Waals surface area contributed by atoms with Crippen LogP contribution in [-0.2, 0) is 51.2 Å². The van der Waals surface area contributed by atoms with Crippen molar-refractivity contribution in [1.29, 1.82) is 0 Å². The Hall–Kier alpha value is -5.51. The van der Waals surface area contributed by atoms with E-state index < -0.39 is 96.5 Å². The first-order valence-electron chi connectivity index (χ1n) is 15.0. The molecule has 0 aliphatic heterocycles. The van der Waals surface area contributed by atoms with E-state index in [1.54, 1.807) is 0 Å². The Kier molecular flexibility index (Phi) is 16.4. The second kappa shape index (κ2) is 20.1. The van der Waals surface area contributed by atoms with Gasteiger partial charge in [0.2, 0.25) is 29.5 Å². The number of aromatic amines is 2. The molecule has 0 saturated carbocycles. The fourth-order valence-electron chi connectivity index (χ4n) is 4.29. The molecular formula is C28H40N10O11S. The highest BCUT2D eigenvalue weighted by Crippen LogP contribution is 2.06. The predicted molar refractivity (Wildman–Crippen MR) is 173 cm³/mol. The highest BCUT2D eigenvalue weighted by molar-refractivity contribution is 7.98. The molecule has 0 radical (unpaired) electrons. The number of imidazole rings is 2. The highest BCUT2D eigenvalue weighted by Gasteiger charge is 2.33. The fourth-order valence-corrected chi connectivity index (χ4v) is 4.77. The molecule has 0 unspecified atom stereocenters. The number of carbonyl (C=O) groups excluding carboxylic acids is 5. The van der Waals surface area contributed by atoms with Gasteiger partial charge in [0.25, 0.3) is 0 Å². The maximum absolute atomic E-state index is 13.3. The summed E-state index contributed by atoms with van der Waals surface area (Å²) in [5.74, 6) is -8.79. The smallest absolute Gasteiger partial charge is 0.326 e. The average Bonchev–Trinajstić information content (AvgIpc) is 3.76. The van der Waals surface area contributed by atoms with Crippen LogP contribution in [0.2, 0.25) is 0 Å². The number of carbonyl (C=O) groups is 8. The maximum Gasteiger partial charge on any atom is 0.326 e. The van der Waals surface area contributed by atoms with Crippen LogP contribution in [0.1, 0.15) is 37.6 Å². The van der Waals surface area contributed by atoms with Gasteiger partial charge in [0.1, 0.15) is 30.2 Å². The van der Waals surface area contributed by atoms with E-state index in [1.165, 1.54) is 43.7 Å². The summed E-state index contributed by atoms with van der Waals surface area (Å²) in [6, 6.07) is -8.77. The number of H-pyrrole nitrogens is 2. The van der Waals surface area contributed by atoms with Crippen molar-refractivity contribution in [2.75, 3.05) is 12.0 Å². The molecule has 0 fully saturated rings. The Morgan fingerprint density at radius 3 is 1.58 bits per heavy atom. The molecule has 0 aliphatic carbocycles. The lowest BCUT2D eigenvalue weighted by atomic mass is 10.1. The largest absolute Gasteiger partial charge is 0.481 e. The van der Waals surface area contributed by atoms with Crippen LogP contribution in [0.5, 0.6) is 0 Å². The molecule has 21 nitrogen and oxygen atoms in total. The highest BCUT2D eigenvalue weighted by atomic mass is 32.2. The standard InChI is InChI=1S/C28H40N10O11S/c1-13(23(43)35-17(5-14-9-30-11-32-14)27(47)38-20(28(48)49)8-22(41)42)34-25(45)19(7-21(39)40)37-26(46)18(6-15-10-31-12-33-15)36-24(44)16(29)3-4-50-2/h9-13,16-20H,3-8,29H2,1-2H3,(H,30,32)(H,31,33)(H,34,45)(H,35,43)(H,36,44)(H,37,46)(H,38,47)(H,39,40)(H,41,42)(H,48,49)/t13-,16-,17-,18-,19-,20-/m0/s1. The Balaban J connectivity index is 2.19. The summed E-state index contributed by atoms with van der Waals surface area (Å²) in [4.78, 5) is 113. The van der Waals surface area contributed by atoms with Gasteiger partial charge in [-0.1, -0.05) is 0 Å². The first kappa shape index (κ1) is 40.7. The Bertz CT molecular complexity index is 1490. The molecular weight excluding hydrogens is 684 g/mol. The van der Waals surface area contributed by atoms with E-state index in [0.717, 1.165) is 0 Å². The van der Waals surface area contributed by atoms with Crippen LogP contribution in [0.4, 0.5) is 0 Å². The molecule has 5 amide bonds. The molecule has 2 heterocycles. The van der Waals surface area contributed by atoms with E-state index in [4.69, 9.17) is 10.8 Å². The first-order chi connectivity index (χ1) is 23.6. The molecule has 22 heteroatoms. The van der Waals surface area contributed by atoms with E-state index in [-0.39, 0.29) is 12.8 Å². The molecule has 6 atom stereocenters. The fraction of sp³-hybridized carbons (Fsp3) is 0.500. The van der Waals surface area contributed by atoms with Crippen LogP contribution in [0.25, 0.3) is 0 Å². The Morgan fingerprint density at radius 2 is 1.14 bits per heavy atom. The van der Waals surface area contributed by atoms with E-state index in [1.807, 2.05) is 11.6 Å². The van der Waals surface area contributed by atoms with Crippen molar-refractivity contribution in [2.24, 2.45) is 5.73 Å². The minimum atomic E-state index is -1.83. The van der Waals surface area contributed by atoms with Gasteiger partial charge >= 0.3 is 17.9 Å². The molecule has 0 bridgehead atoms. The van der Waals surface area contributed by atoms with Gasteiger partial charge < -0.3 is 57.6 Å². The van der Waals surface area contributed by atoms with E-state index in [9.17, 15) is 48.6 Å². The molecule has 0 aromatic carbocycles. The number of thioether (sulfide) groups is 1. The van der Waals surface area contributed by atoms with Crippen molar-refractivity contribution in [3.05, 3.63) is 36.4 Å². The molecule has 0 saturated heterocycles. The number of carboxylic acids is 3. The van der Waals surface area contributed by atoms with Crippen LogP contribution in [0, 0.1) is 0 Å². The third-order valence-electron chi connectivity index (χ3n) is 6.95. The number of carboxylic acid groups (broad SMARTS) is 3. The van der Waals surface area contributed by atoms with Crippen molar-refractivity contribution in [3.63, 3.8) is 0 Å². The number of aliphatic carboxylic acids is 3. The number of nitrogens with zero attached hydrogens (tertiary/aromatic N) is 2. The summed E-state index contributed by atoms with van der Waals surface area (Å²) in [6.45, 7) is 1.19. The Labute approximate surface area is 288 Å². The van der Waals surface area contributed by atoms with E-state index in [0.29, 0.717) is 23.6 Å². The summed E-state index contributed by atoms with van der Waals surface area (Å²) in [6.07, 6.45) is 5.23. The number of aromatic nitrogens is 4. The van der Waals surface area contributed by atoms with Crippen molar-refractivity contribution < 1.29 is 53.7 Å². The van der Waals surface area contributed by atoms with Crippen LogP contribution >= 0.6 is 11.8 Å². The van der Waals surface area contributed by atoms with Crippen molar-refractivity contribution in [3.8, 4) is 0 Å². The minimum absolute atomic E-state index is 0.123. The van der Waals surface area contributed by atoms with Gasteiger partial charge in [0.15, 0.2) is 0 Å². The molecule has 50 heavy (non-hydrogen) atoms. The van der Waals surface area contributed by atoms with Crippen molar-refractivity contribution in [2.45, 2.75) is 75.3 Å². The average molecular weight is 725 g/mol. The van der Waals surface area contributed by atoms with Crippen molar-refractivity contribution >= 4 is 59.2 Å². The number of nitrogens with one attached hydrogen (secondary N) is 7. The number of nitrogens with two attached hydrogens (primary N) is 1. The van der Waals surface area contributed by atoms with Gasteiger partial charge in [-0.25, -0.2) is 14.8 Å². The van der Waals surface area contributed by atoms with Crippen LogP contribution < -0.4 is 32.3 Å². The van der Waals surface area contributed by atoms with E-state index in [2.05, 4.69) is 41.2 Å². The van der Waals surface area contributed by atoms with Crippen LogP contribution in [0.15, 0.2) is 25.0 Å². The van der Waals surface area contributed by atoms with Gasteiger partial charge in [0.05, 0.1) is 31.5 Å². The Morgan fingerprint density at radius 1 is 0.700 bits per heavy atom. The van der Waals surface area contributed by atoms with Gasteiger partial charge in [-0.2, -0.15) is 11.8 Å². The number of hydrogen-bond donors (Lipinski definition) is 11. The quantitative estimate of drug-likeness (QED) is 0.0561. The lowest BCUT2D eigenvalue weighted by Crippen LogP contribution is -2.59. The zero-order chi connectivity index (χ0) is 37.4. The minimum Gasteiger partial charge on any atom is -0.481 e. The summed E-state index contributed by atoms with van der Waals surface area (Å²) >= 11 is 1.46. The SMILES string of the molecule is CSCC[C@H](N)C(=O)N[C@@H](Cc1cnc[nH]1)C(=O)N[C@@H](CC(=O)O)C(=O)N[C@@H](C)C(=O)N[C@@H](Cc1cnc[nH]1)C(=O)N[C@@H](CC(=O)O)C(=O)O. The normalized spacial score (nSPS) is 14.5. The molecule has 2 rings (SSSR count). The third-order valence-corrected chi connectivity index (χ3v) is 7.59. The van der Waals surface area contributed by atoms with Gasteiger partial charge in [-0.05, 0) is 25.4 Å². The van der Waals surface area contributed by atoms with Gasteiger partial charge in [-0.15, -0.1) is 0 Å². The summed E-state index contributed by atoms with van der Waals surface area (Å²) in [5.41, 5.74) is 6.70. The molecule has 0 aliphatic rings. The lowest BCUT2D eigenvalue weighted by Gasteiger charge is -2.25. The summed E-state index contributed by atoms with van der Waals surface area (Å²) in [5, 5.41) is 39.2. The molecule has 2 aromatic heterocycles. The van der Waals surface area contributed by atoms with E-state index >= 15 is 0 Å². The third kappa shape index (κ3) is 13.9. The first-order valence-corrected chi connectivity index (χ1v) is 16.4. The van der Waals surface area contributed by atoms with Gasteiger partial charge in [0, 0.05) is 36.6 Å². The number of amides is 5. The summed E-state index contributed by atoms with van der Waals surface area (Å²) in [7, 11) is 0. The molecule has 2 aromatic rings. The van der Waals surface area contributed by atoms with Crippen LogP contribution in [-0.4, -0.2) is 131 Å². The zero-order valence-electron chi connectivity index (χ0n) is 27.0. The van der Waals surface area contributed by atoms with Crippen molar-refractivity contribution in [1.82, 2.24) is 46.5 Å². The van der Waals surface area contributed by atoms with Crippen LogP contribution in [0.3, 0.4) is 0 Å². The number of rotatable bonds is 22. The second-order valence-corrected chi connectivity index (χ2v) is 11.9.